The van der Waals surface area contributed by atoms with Crippen molar-refractivity contribution in [3.63, 3.8) is 0 Å². The van der Waals surface area contributed by atoms with Crippen LogP contribution in [0.2, 0.25) is 0 Å². The van der Waals surface area contributed by atoms with E-state index < -0.39 is 21.0 Å². The second-order valence-electron chi connectivity index (χ2n) is 7.18. The molecule has 9 nitrogen and oxygen atoms in total. The Morgan fingerprint density at radius 3 is 2.29 bits per heavy atom. The van der Waals surface area contributed by atoms with Crippen LogP contribution in [0.4, 0.5) is 5.13 Å². The number of nitriles is 1. The van der Waals surface area contributed by atoms with Gasteiger partial charge in [0.1, 0.15) is 36.4 Å². The minimum Gasteiger partial charge on any atom is -0.490 e. The second kappa shape index (κ2) is 11.4. The van der Waals surface area contributed by atoms with Crippen molar-refractivity contribution in [2.45, 2.75) is 24.3 Å². The summed E-state index contributed by atoms with van der Waals surface area (Å²) in [7, 11) is -3.66. The quantitative estimate of drug-likeness (QED) is 0.254. The summed E-state index contributed by atoms with van der Waals surface area (Å²) < 4.78 is 39.2. The van der Waals surface area contributed by atoms with E-state index in [4.69, 9.17) is 9.47 Å². The maximum Gasteiger partial charge on any atom is 0.268 e. The first-order valence-electron chi connectivity index (χ1n) is 10.2. The topological polar surface area (TPSA) is 131 Å². The molecule has 0 aliphatic rings. The Hall–Kier alpha value is -3.75. The standard InChI is InChI=1S/C23H22N4O5S2/c1-16(2)34(29,30)23-26-22(33-27-23)25-21(28)18(15-24)14-17-8-10-20(11-9-17)32-13-12-31-19-6-4-3-5-7-19/h3-11,14,16H,12-13H2,1-2H3,(H,25,26,27,28)/b18-14-. The van der Waals surface area contributed by atoms with Gasteiger partial charge in [-0.1, -0.05) is 30.3 Å². The number of rotatable bonds is 10. The SMILES string of the molecule is CC(C)S(=O)(=O)c1nsc(NC(=O)/C(C#N)=C\c2ccc(OCCOc3ccccc3)cc2)n1. The van der Waals surface area contributed by atoms with Crippen LogP contribution in [0, 0.1) is 11.3 Å². The molecule has 2 aromatic carbocycles. The van der Waals surface area contributed by atoms with E-state index in [-0.39, 0.29) is 15.9 Å². The van der Waals surface area contributed by atoms with Crippen LogP contribution < -0.4 is 14.8 Å². The fourth-order valence-electron chi connectivity index (χ4n) is 2.56. The van der Waals surface area contributed by atoms with Crippen molar-refractivity contribution in [2.24, 2.45) is 0 Å². The van der Waals surface area contributed by atoms with Gasteiger partial charge in [0.2, 0.25) is 15.0 Å². The fraction of sp³-hybridized carbons (Fsp3) is 0.217. The molecule has 176 valence electrons. The molecule has 3 rings (SSSR count). The predicted molar refractivity (Wildman–Crippen MR) is 128 cm³/mol. The number of hydrogen-bond donors (Lipinski definition) is 1. The summed E-state index contributed by atoms with van der Waals surface area (Å²) >= 11 is 0.731. The van der Waals surface area contributed by atoms with Crippen molar-refractivity contribution in [2.75, 3.05) is 18.5 Å². The van der Waals surface area contributed by atoms with Crippen LogP contribution in [-0.4, -0.2) is 42.1 Å². The third-order valence-electron chi connectivity index (χ3n) is 4.42. The smallest absolute Gasteiger partial charge is 0.268 e. The highest BCUT2D eigenvalue weighted by Gasteiger charge is 2.25. The van der Waals surface area contributed by atoms with Crippen molar-refractivity contribution >= 4 is 38.5 Å². The Kier molecular flexibility index (Phi) is 8.34. The first-order valence-corrected chi connectivity index (χ1v) is 12.5. The lowest BCUT2D eigenvalue weighted by Gasteiger charge is -2.08. The Balaban J connectivity index is 1.56. The van der Waals surface area contributed by atoms with Crippen LogP contribution in [0.25, 0.3) is 6.08 Å². The molecule has 34 heavy (non-hydrogen) atoms. The minimum absolute atomic E-state index is 0.00755. The number of aromatic nitrogens is 2. The normalized spacial score (nSPS) is 11.6. The van der Waals surface area contributed by atoms with Crippen molar-refractivity contribution in [1.29, 1.82) is 5.26 Å². The molecule has 0 aliphatic carbocycles. The van der Waals surface area contributed by atoms with Crippen molar-refractivity contribution in [3.8, 4) is 17.6 Å². The lowest BCUT2D eigenvalue weighted by Crippen LogP contribution is -2.16. The van der Waals surface area contributed by atoms with E-state index in [2.05, 4.69) is 14.7 Å². The number of anilines is 1. The van der Waals surface area contributed by atoms with Gasteiger partial charge in [-0.15, -0.1) is 0 Å². The van der Waals surface area contributed by atoms with E-state index in [1.807, 2.05) is 36.4 Å². The van der Waals surface area contributed by atoms with Gasteiger partial charge in [-0.3, -0.25) is 10.1 Å². The van der Waals surface area contributed by atoms with Crippen molar-refractivity contribution in [3.05, 3.63) is 65.7 Å². The summed E-state index contributed by atoms with van der Waals surface area (Å²) in [5, 5.41) is 10.8. The first kappa shape index (κ1) is 24.9. The average Bonchev–Trinajstić information content (AvgIpc) is 3.31. The zero-order valence-corrected chi connectivity index (χ0v) is 20.1. The highest BCUT2D eigenvalue weighted by Crippen LogP contribution is 2.20. The lowest BCUT2D eigenvalue weighted by atomic mass is 10.1. The molecule has 11 heteroatoms. The van der Waals surface area contributed by atoms with E-state index in [0.717, 1.165) is 17.3 Å². The molecule has 0 spiro atoms. The number of para-hydroxylation sites is 1. The van der Waals surface area contributed by atoms with Crippen LogP contribution in [0.15, 0.2) is 65.3 Å². The number of carbonyl (C=O) groups excluding carboxylic acids is 1. The Labute approximate surface area is 201 Å². The highest BCUT2D eigenvalue weighted by atomic mass is 32.2. The molecule has 1 amide bonds. The Bertz CT molecular complexity index is 1300. The Morgan fingerprint density at radius 2 is 1.71 bits per heavy atom. The van der Waals surface area contributed by atoms with E-state index in [9.17, 15) is 18.5 Å². The molecule has 3 aromatic rings. The van der Waals surface area contributed by atoms with Crippen LogP contribution in [-0.2, 0) is 14.6 Å². The van der Waals surface area contributed by atoms with Gasteiger partial charge >= 0.3 is 0 Å². The van der Waals surface area contributed by atoms with Crippen LogP contribution in [0.3, 0.4) is 0 Å². The third kappa shape index (κ3) is 6.63. The van der Waals surface area contributed by atoms with Gasteiger partial charge in [-0.25, -0.2) is 8.42 Å². The zero-order chi connectivity index (χ0) is 24.6. The van der Waals surface area contributed by atoms with Gasteiger partial charge in [0.25, 0.3) is 11.1 Å². The number of nitrogens with one attached hydrogen (secondary N) is 1. The number of sulfone groups is 1. The summed E-state index contributed by atoms with van der Waals surface area (Å²) in [5.41, 5.74) is 0.438. The number of benzene rings is 2. The molecule has 1 heterocycles. The molecule has 0 fully saturated rings. The van der Waals surface area contributed by atoms with Crippen LogP contribution in [0.5, 0.6) is 11.5 Å². The third-order valence-corrected chi connectivity index (χ3v) is 7.10. The van der Waals surface area contributed by atoms with Crippen LogP contribution >= 0.6 is 11.5 Å². The summed E-state index contributed by atoms with van der Waals surface area (Å²) in [4.78, 5) is 16.3. The molecule has 0 atom stereocenters. The number of amides is 1. The molecule has 0 radical (unpaired) electrons. The molecule has 0 saturated carbocycles. The average molecular weight is 499 g/mol. The van der Waals surface area contributed by atoms with E-state index in [1.165, 1.54) is 19.9 Å². The summed E-state index contributed by atoms with van der Waals surface area (Å²) in [6.45, 7) is 3.77. The summed E-state index contributed by atoms with van der Waals surface area (Å²) in [6.07, 6.45) is 1.41. The van der Waals surface area contributed by atoms with E-state index in [0.29, 0.717) is 24.5 Å². The number of nitrogens with zero attached hydrogens (tertiary/aromatic N) is 3. The zero-order valence-electron chi connectivity index (χ0n) is 18.5. The molecule has 0 saturated heterocycles. The molecular weight excluding hydrogens is 476 g/mol. The molecule has 0 unspecified atom stereocenters. The molecule has 0 bridgehead atoms. The predicted octanol–water partition coefficient (Wildman–Crippen LogP) is 3.72. The minimum atomic E-state index is -3.66. The van der Waals surface area contributed by atoms with Gasteiger partial charge in [0, 0.05) is 11.5 Å². The van der Waals surface area contributed by atoms with Crippen LogP contribution in [0.1, 0.15) is 19.4 Å². The van der Waals surface area contributed by atoms with Gasteiger partial charge in [0.15, 0.2) is 0 Å². The number of carbonyl (C=O) groups is 1. The molecule has 1 N–H and O–H groups in total. The lowest BCUT2D eigenvalue weighted by molar-refractivity contribution is -0.112. The Morgan fingerprint density at radius 1 is 1.09 bits per heavy atom. The van der Waals surface area contributed by atoms with Gasteiger partial charge in [-0.05, 0) is 49.8 Å². The van der Waals surface area contributed by atoms with Gasteiger partial charge in [0.05, 0.1) is 5.25 Å². The summed E-state index contributed by atoms with van der Waals surface area (Å²) in [5.74, 6) is 0.662. The van der Waals surface area contributed by atoms with Gasteiger partial charge < -0.3 is 9.47 Å². The second-order valence-corrected chi connectivity index (χ2v) is 10.3. The van der Waals surface area contributed by atoms with Gasteiger partial charge in [-0.2, -0.15) is 14.6 Å². The van der Waals surface area contributed by atoms with E-state index in [1.54, 1.807) is 24.3 Å². The van der Waals surface area contributed by atoms with Crippen molar-refractivity contribution < 1.29 is 22.7 Å². The number of ether oxygens (including phenoxy) is 2. The number of hydrogen-bond acceptors (Lipinski definition) is 9. The van der Waals surface area contributed by atoms with Crippen molar-refractivity contribution in [1.82, 2.24) is 9.36 Å². The fourth-order valence-corrected chi connectivity index (χ4v) is 4.26. The largest absolute Gasteiger partial charge is 0.490 e. The summed E-state index contributed by atoms with van der Waals surface area (Å²) in [6, 6.07) is 18.1. The maximum absolute atomic E-state index is 12.4. The molecule has 1 aromatic heterocycles. The molecular formula is C23H22N4O5S2. The highest BCUT2D eigenvalue weighted by molar-refractivity contribution is 7.91. The first-order chi connectivity index (χ1) is 16.3. The maximum atomic E-state index is 12.4. The van der Waals surface area contributed by atoms with E-state index >= 15 is 0 Å². The monoisotopic (exact) mass is 498 g/mol. The molecule has 0 aliphatic heterocycles.